The van der Waals surface area contributed by atoms with Crippen LogP contribution in [-0.2, 0) is 11.3 Å². The first-order valence-electron chi connectivity index (χ1n) is 5.10. The Balaban J connectivity index is 1.95. The van der Waals surface area contributed by atoms with Crippen molar-refractivity contribution in [3.8, 4) is 0 Å². The number of nitrogens with zero attached hydrogens (tertiary/aromatic N) is 4. The molecule has 1 aliphatic rings. The van der Waals surface area contributed by atoms with Crippen LogP contribution in [0.5, 0.6) is 0 Å². The van der Waals surface area contributed by atoms with Crippen molar-refractivity contribution >= 4 is 5.91 Å². The number of carbonyl (C=O) groups is 1. The highest BCUT2D eigenvalue weighted by molar-refractivity contribution is 5.76. The molecule has 6 nitrogen and oxygen atoms in total. The van der Waals surface area contributed by atoms with Crippen LogP contribution < -0.4 is 5.73 Å². The van der Waals surface area contributed by atoms with Crippen molar-refractivity contribution in [1.29, 1.82) is 0 Å². The number of nitrogens with two attached hydrogens (primary N) is 1. The molecule has 1 aromatic rings. The van der Waals surface area contributed by atoms with Gasteiger partial charge in [-0.25, -0.2) is 4.68 Å². The van der Waals surface area contributed by atoms with Gasteiger partial charge in [-0.3, -0.25) is 4.79 Å². The molecule has 0 aliphatic carbocycles. The lowest BCUT2D eigenvalue weighted by Crippen LogP contribution is -2.43. The molecule has 1 unspecified atom stereocenters. The molecule has 82 valence electrons. The normalized spacial score (nSPS) is 17.3. The first kappa shape index (κ1) is 10.1. The van der Waals surface area contributed by atoms with Crippen LogP contribution in [0.1, 0.15) is 25.1 Å². The van der Waals surface area contributed by atoms with E-state index in [4.69, 9.17) is 5.73 Å². The third-order valence-electron chi connectivity index (χ3n) is 2.53. The fourth-order valence-electron chi connectivity index (χ4n) is 1.40. The van der Waals surface area contributed by atoms with Crippen molar-refractivity contribution in [2.45, 2.75) is 25.9 Å². The standard InChI is InChI=1S/C9H15N5O/c1-7(10)8-5-14(12-11-8)6-9(15)13-3-2-4-13/h5,7H,2-4,6,10H2,1H3. The lowest BCUT2D eigenvalue weighted by Gasteiger charge is -2.30. The fraction of sp³-hybridized carbons (Fsp3) is 0.667. The van der Waals surface area contributed by atoms with Crippen LogP contribution in [0.25, 0.3) is 0 Å². The van der Waals surface area contributed by atoms with Gasteiger partial charge in [0.15, 0.2) is 0 Å². The maximum atomic E-state index is 11.6. The van der Waals surface area contributed by atoms with Gasteiger partial charge in [-0.15, -0.1) is 5.10 Å². The van der Waals surface area contributed by atoms with Gasteiger partial charge in [0.05, 0.1) is 11.9 Å². The van der Waals surface area contributed by atoms with E-state index >= 15 is 0 Å². The Hall–Kier alpha value is -1.43. The monoisotopic (exact) mass is 209 g/mol. The molecule has 0 aromatic carbocycles. The van der Waals surface area contributed by atoms with E-state index in [0.717, 1.165) is 19.5 Å². The van der Waals surface area contributed by atoms with Crippen molar-refractivity contribution < 1.29 is 4.79 Å². The number of hydrogen-bond donors (Lipinski definition) is 1. The van der Waals surface area contributed by atoms with Crippen LogP contribution >= 0.6 is 0 Å². The molecule has 15 heavy (non-hydrogen) atoms. The van der Waals surface area contributed by atoms with Crippen LogP contribution in [0.2, 0.25) is 0 Å². The molecule has 1 aliphatic heterocycles. The highest BCUT2D eigenvalue weighted by Gasteiger charge is 2.20. The Morgan fingerprint density at radius 3 is 2.87 bits per heavy atom. The van der Waals surface area contributed by atoms with Crippen LogP contribution in [0.3, 0.4) is 0 Å². The molecule has 6 heteroatoms. The molecule has 2 rings (SSSR count). The molecule has 1 atom stereocenters. The minimum Gasteiger partial charge on any atom is -0.341 e. The van der Waals surface area contributed by atoms with Crippen LogP contribution in [0.4, 0.5) is 0 Å². The summed E-state index contributed by atoms with van der Waals surface area (Å²) >= 11 is 0. The highest BCUT2D eigenvalue weighted by Crippen LogP contribution is 2.08. The first-order chi connectivity index (χ1) is 7.16. The van der Waals surface area contributed by atoms with Gasteiger partial charge >= 0.3 is 0 Å². The predicted octanol–water partition coefficient (Wildman–Crippen LogP) is -0.470. The minimum absolute atomic E-state index is 0.0994. The summed E-state index contributed by atoms with van der Waals surface area (Å²) in [4.78, 5) is 13.4. The van der Waals surface area contributed by atoms with Crippen LogP contribution in [-0.4, -0.2) is 38.9 Å². The summed E-state index contributed by atoms with van der Waals surface area (Å²) in [6.07, 6.45) is 2.83. The van der Waals surface area contributed by atoms with E-state index in [2.05, 4.69) is 10.3 Å². The van der Waals surface area contributed by atoms with E-state index in [1.165, 1.54) is 0 Å². The van der Waals surface area contributed by atoms with Gasteiger partial charge in [0.2, 0.25) is 5.91 Å². The fourth-order valence-corrected chi connectivity index (χ4v) is 1.40. The molecule has 1 amide bonds. The molecular weight excluding hydrogens is 194 g/mol. The van der Waals surface area contributed by atoms with E-state index in [1.54, 1.807) is 10.9 Å². The molecule has 0 radical (unpaired) electrons. The van der Waals surface area contributed by atoms with Crippen molar-refractivity contribution in [2.24, 2.45) is 5.73 Å². The molecule has 2 N–H and O–H groups in total. The minimum atomic E-state index is -0.141. The van der Waals surface area contributed by atoms with E-state index in [-0.39, 0.29) is 18.5 Å². The Morgan fingerprint density at radius 2 is 2.40 bits per heavy atom. The van der Waals surface area contributed by atoms with Gasteiger partial charge in [0, 0.05) is 19.1 Å². The van der Waals surface area contributed by atoms with Gasteiger partial charge in [-0.05, 0) is 13.3 Å². The summed E-state index contributed by atoms with van der Waals surface area (Å²) in [5, 5.41) is 7.75. The molecule has 2 heterocycles. The topological polar surface area (TPSA) is 77.0 Å². The molecule has 0 saturated carbocycles. The van der Waals surface area contributed by atoms with E-state index < -0.39 is 0 Å². The number of carbonyl (C=O) groups excluding carboxylic acids is 1. The maximum Gasteiger partial charge on any atom is 0.244 e. The second-order valence-corrected chi connectivity index (χ2v) is 3.86. The predicted molar refractivity (Wildman–Crippen MR) is 53.8 cm³/mol. The lowest BCUT2D eigenvalue weighted by atomic mass is 10.2. The number of hydrogen-bond acceptors (Lipinski definition) is 4. The van der Waals surface area contributed by atoms with Crippen molar-refractivity contribution in [1.82, 2.24) is 19.9 Å². The first-order valence-corrected chi connectivity index (χ1v) is 5.10. The van der Waals surface area contributed by atoms with E-state index in [0.29, 0.717) is 5.69 Å². The summed E-state index contributed by atoms with van der Waals surface area (Å²) in [6.45, 7) is 3.84. The SMILES string of the molecule is CC(N)c1cn(CC(=O)N2CCC2)nn1. The van der Waals surface area contributed by atoms with Gasteiger partial charge < -0.3 is 10.6 Å². The zero-order valence-corrected chi connectivity index (χ0v) is 8.76. The van der Waals surface area contributed by atoms with Crippen molar-refractivity contribution in [3.05, 3.63) is 11.9 Å². The van der Waals surface area contributed by atoms with Gasteiger partial charge in [-0.2, -0.15) is 0 Å². The summed E-state index contributed by atoms with van der Waals surface area (Å²) in [6, 6.07) is -0.141. The van der Waals surface area contributed by atoms with Gasteiger partial charge in [0.25, 0.3) is 0 Å². The Bertz CT molecular complexity index is 355. The number of aromatic nitrogens is 3. The van der Waals surface area contributed by atoms with Crippen LogP contribution in [0.15, 0.2) is 6.20 Å². The van der Waals surface area contributed by atoms with E-state index in [9.17, 15) is 4.79 Å². The third-order valence-corrected chi connectivity index (χ3v) is 2.53. The highest BCUT2D eigenvalue weighted by atomic mass is 16.2. The summed E-state index contributed by atoms with van der Waals surface area (Å²) in [7, 11) is 0. The third kappa shape index (κ3) is 2.15. The van der Waals surface area contributed by atoms with E-state index in [1.807, 2.05) is 11.8 Å². The molecule has 1 saturated heterocycles. The Kier molecular flexibility index (Phi) is 2.68. The zero-order chi connectivity index (χ0) is 10.8. The van der Waals surface area contributed by atoms with Crippen molar-refractivity contribution in [2.75, 3.05) is 13.1 Å². The molecule has 1 fully saturated rings. The summed E-state index contributed by atoms with van der Waals surface area (Å²) in [5.74, 6) is 0.0994. The smallest absolute Gasteiger partial charge is 0.244 e. The lowest BCUT2D eigenvalue weighted by molar-refractivity contribution is -0.135. The number of likely N-dealkylation sites (tertiary alicyclic amines) is 1. The summed E-state index contributed by atoms with van der Waals surface area (Å²) in [5.41, 5.74) is 6.36. The van der Waals surface area contributed by atoms with Gasteiger partial charge in [-0.1, -0.05) is 5.21 Å². The molecule has 0 spiro atoms. The molecular formula is C9H15N5O. The summed E-state index contributed by atoms with van der Waals surface area (Å²) < 4.78 is 1.54. The second kappa shape index (κ2) is 3.98. The average molecular weight is 209 g/mol. The maximum absolute atomic E-state index is 11.6. The molecule has 1 aromatic heterocycles. The Labute approximate surface area is 88.0 Å². The zero-order valence-electron chi connectivity index (χ0n) is 8.76. The largest absolute Gasteiger partial charge is 0.341 e. The van der Waals surface area contributed by atoms with Crippen molar-refractivity contribution in [3.63, 3.8) is 0 Å². The van der Waals surface area contributed by atoms with Crippen LogP contribution in [0, 0.1) is 0 Å². The quantitative estimate of drug-likeness (QED) is 0.730. The average Bonchev–Trinajstić information content (AvgIpc) is 2.48. The Morgan fingerprint density at radius 1 is 1.67 bits per heavy atom. The number of amides is 1. The molecule has 0 bridgehead atoms. The van der Waals surface area contributed by atoms with Gasteiger partial charge in [0.1, 0.15) is 6.54 Å². The second-order valence-electron chi connectivity index (χ2n) is 3.86. The number of rotatable bonds is 3.